The van der Waals surface area contributed by atoms with Crippen LogP contribution >= 0.6 is 11.6 Å². The quantitative estimate of drug-likeness (QED) is 0.665. The minimum Gasteiger partial charge on any atom is -0.344 e. The van der Waals surface area contributed by atoms with Crippen molar-refractivity contribution >= 4 is 23.4 Å². The molecule has 96 valence electrons. The Kier molecular flexibility index (Phi) is 3.56. The maximum atomic E-state index is 13.0. The van der Waals surface area contributed by atoms with Gasteiger partial charge in [-0.25, -0.2) is 4.39 Å². The molecule has 2 aliphatic heterocycles. The summed E-state index contributed by atoms with van der Waals surface area (Å²) >= 11 is 5.24. The van der Waals surface area contributed by atoms with E-state index in [1.165, 1.54) is 4.90 Å². The van der Waals surface area contributed by atoms with E-state index in [0.29, 0.717) is 6.54 Å². The second kappa shape index (κ2) is 4.80. The van der Waals surface area contributed by atoms with E-state index in [1.807, 2.05) is 0 Å². The van der Waals surface area contributed by atoms with E-state index >= 15 is 0 Å². The number of likely N-dealkylation sites (N-methyl/N-ethyl adjacent to an activating group) is 1. The fourth-order valence-corrected chi connectivity index (χ4v) is 2.91. The summed E-state index contributed by atoms with van der Waals surface area (Å²) in [5, 5.41) is 0. The molecule has 6 heteroatoms. The van der Waals surface area contributed by atoms with Gasteiger partial charge in [-0.1, -0.05) is 11.6 Å². The fourth-order valence-electron chi connectivity index (χ4n) is 2.79. The Labute approximate surface area is 105 Å². The minimum absolute atomic E-state index is 0.0159. The van der Waals surface area contributed by atoms with Crippen LogP contribution in [0.15, 0.2) is 0 Å². The third-order valence-corrected chi connectivity index (χ3v) is 3.81. The number of hydrogen-bond acceptors (Lipinski definition) is 2. The Bertz CT molecular complexity index is 337. The van der Waals surface area contributed by atoms with Crippen LogP contribution in [-0.2, 0) is 9.59 Å². The summed E-state index contributed by atoms with van der Waals surface area (Å²) in [6.07, 6.45) is 2.82. The number of alkyl halides is 2. The summed E-state index contributed by atoms with van der Waals surface area (Å²) < 4.78 is 13.0. The summed E-state index contributed by atoms with van der Waals surface area (Å²) in [5.41, 5.74) is -2.00. The van der Waals surface area contributed by atoms with E-state index in [2.05, 4.69) is 0 Å². The summed E-state index contributed by atoms with van der Waals surface area (Å²) in [5.74, 6) is -0.674. The van der Waals surface area contributed by atoms with Crippen molar-refractivity contribution in [3.05, 3.63) is 0 Å². The molecule has 3 atom stereocenters. The van der Waals surface area contributed by atoms with Crippen LogP contribution in [0.25, 0.3) is 0 Å². The SMILES string of the molecule is CN1CC2CCCC(CC1=O)N2C(=O)C(F)Cl. The lowest BCUT2D eigenvalue weighted by atomic mass is 9.94. The molecule has 2 saturated heterocycles. The first-order chi connectivity index (χ1) is 8.00. The van der Waals surface area contributed by atoms with Gasteiger partial charge >= 0.3 is 0 Å². The molecule has 3 unspecified atom stereocenters. The van der Waals surface area contributed by atoms with Gasteiger partial charge in [-0.2, -0.15) is 0 Å². The largest absolute Gasteiger partial charge is 0.344 e. The first-order valence-corrected chi connectivity index (χ1v) is 6.28. The van der Waals surface area contributed by atoms with E-state index in [-0.39, 0.29) is 24.4 Å². The molecule has 0 N–H and O–H groups in total. The van der Waals surface area contributed by atoms with E-state index in [9.17, 15) is 14.0 Å². The van der Waals surface area contributed by atoms with Crippen LogP contribution in [0.1, 0.15) is 25.7 Å². The second-order valence-electron chi connectivity index (χ2n) is 4.76. The van der Waals surface area contributed by atoms with E-state index in [4.69, 9.17) is 11.6 Å². The topological polar surface area (TPSA) is 40.6 Å². The van der Waals surface area contributed by atoms with Crippen LogP contribution in [0.4, 0.5) is 4.39 Å². The average molecular weight is 263 g/mol. The molecule has 0 aromatic rings. The van der Waals surface area contributed by atoms with Gasteiger partial charge in [0.25, 0.3) is 11.5 Å². The van der Waals surface area contributed by atoms with Crippen LogP contribution in [0, 0.1) is 0 Å². The highest BCUT2D eigenvalue weighted by Gasteiger charge is 2.41. The van der Waals surface area contributed by atoms with Crippen molar-refractivity contribution in [3.8, 4) is 0 Å². The maximum absolute atomic E-state index is 13.0. The zero-order valence-corrected chi connectivity index (χ0v) is 10.5. The highest BCUT2D eigenvalue weighted by molar-refractivity contribution is 6.29. The second-order valence-corrected chi connectivity index (χ2v) is 5.15. The number of hydrogen-bond donors (Lipinski definition) is 0. The van der Waals surface area contributed by atoms with Gasteiger partial charge in [-0.3, -0.25) is 9.59 Å². The zero-order chi connectivity index (χ0) is 12.6. The van der Waals surface area contributed by atoms with Crippen molar-refractivity contribution in [2.24, 2.45) is 0 Å². The highest BCUT2D eigenvalue weighted by Crippen LogP contribution is 2.30. The summed E-state index contributed by atoms with van der Waals surface area (Å²) in [4.78, 5) is 26.6. The molecule has 2 rings (SSSR count). The molecule has 17 heavy (non-hydrogen) atoms. The van der Waals surface area contributed by atoms with Crippen molar-refractivity contribution < 1.29 is 14.0 Å². The molecule has 0 aliphatic carbocycles. The third kappa shape index (κ3) is 2.39. The smallest absolute Gasteiger partial charge is 0.273 e. The van der Waals surface area contributed by atoms with Crippen molar-refractivity contribution in [1.29, 1.82) is 0 Å². The molecule has 2 heterocycles. The van der Waals surface area contributed by atoms with Crippen molar-refractivity contribution in [2.75, 3.05) is 13.6 Å². The van der Waals surface area contributed by atoms with E-state index in [1.54, 1.807) is 11.9 Å². The first kappa shape index (κ1) is 12.6. The van der Waals surface area contributed by atoms with E-state index < -0.39 is 11.5 Å². The van der Waals surface area contributed by atoms with Crippen LogP contribution in [0.2, 0.25) is 0 Å². The Morgan fingerprint density at radius 2 is 2.12 bits per heavy atom. The normalized spacial score (nSPS) is 31.1. The molecule has 0 aromatic heterocycles. The Hall–Kier alpha value is -0.840. The average Bonchev–Trinajstić information content (AvgIpc) is 2.33. The number of rotatable bonds is 1. The van der Waals surface area contributed by atoms with E-state index in [0.717, 1.165) is 19.3 Å². The number of amides is 2. The van der Waals surface area contributed by atoms with Crippen molar-refractivity contribution in [3.63, 3.8) is 0 Å². The van der Waals surface area contributed by atoms with Crippen LogP contribution in [-0.4, -0.2) is 52.9 Å². The number of carbonyl (C=O) groups is 2. The first-order valence-electron chi connectivity index (χ1n) is 5.85. The minimum atomic E-state index is -2.00. The van der Waals surface area contributed by atoms with Crippen molar-refractivity contribution in [2.45, 2.75) is 43.4 Å². The Balaban J connectivity index is 2.25. The number of nitrogens with zero attached hydrogens (tertiary/aromatic N) is 2. The number of piperidine rings is 1. The lowest BCUT2D eigenvalue weighted by Crippen LogP contribution is -2.52. The van der Waals surface area contributed by atoms with Gasteiger partial charge in [0.05, 0.1) is 0 Å². The van der Waals surface area contributed by atoms with Gasteiger partial charge in [-0.05, 0) is 19.3 Å². The van der Waals surface area contributed by atoms with Gasteiger partial charge < -0.3 is 9.80 Å². The van der Waals surface area contributed by atoms with Gasteiger partial charge in [-0.15, -0.1) is 0 Å². The van der Waals surface area contributed by atoms with Crippen LogP contribution in [0.5, 0.6) is 0 Å². The van der Waals surface area contributed by atoms with Gasteiger partial charge in [0.15, 0.2) is 0 Å². The Morgan fingerprint density at radius 3 is 2.76 bits per heavy atom. The van der Waals surface area contributed by atoms with Crippen LogP contribution < -0.4 is 0 Å². The maximum Gasteiger partial charge on any atom is 0.273 e. The summed E-state index contributed by atoms with van der Waals surface area (Å²) in [6, 6.07) is -0.273. The number of fused-ring (bicyclic) bond motifs is 2. The zero-order valence-electron chi connectivity index (χ0n) is 9.73. The van der Waals surface area contributed by atoms with Gasteiger partial charge in [0.2, 0.25) is 5.91 Å². The van der Waals surface area contributed by atoms with Crippen LogP contribution in [0.3, 0.4) is 0 Å². The van der Waals surface area contributed by atoms with Crippen molar-refractivity contribution in [1.82, 2.24) is 9.80 Å². The predicted octanol–water partition coefficient (Wildman–Crippen LogP) is 1.13. The number of halogens is 2. The lowest BCUT2D eigenvalue weighted by molar-refractivity contribution is -0.140. The summed E-state index contributed by atoms with van der Waals surface area (Å²) in [6.45, 7) is 0.477. The predicted molar refractivity (Wildman–Crippen MR) is 61.3 cm³/mol. The highest BCUT2D eigenvalue weighted by atomic mass is 35.5. The van der Waals surface area contributed by atoms with Gasteiger partial charge in [0, 0.05) is 32.1 Å². The molecule has 0 aromatic carbocycles. The molecule has 2 fully saturated rings. The fraction of sp³-hybridized carbons (Fsp3) is 0.818. The Morgan fingerprint density at radius 1 is 1.47 bits per heavy atom. The molecule has 2 amide bonds. The molecule has 0 saturated carbocycles. The molecular weight excluding hydrogens is 247 g/mol. The third-order valence-electron chi connectivity index (χ3n) is 3.62. The lowest BCUT2D eigenvalue weighted by Gasteiger charge is -2.40. The molecular formula is C11H16ClFN2O2. The number of carbonyl (C=O) groups excluding carboxylic acids is 2. The summed E-state index contributed by atoms with van der Waals surface area (Å²) in [7, 11) is 1.72. The molecule has 2 bridgehead atoms. The molecule has 0 radical (unpaired) electrons. The molecule has 2 aliphatic rings. The standard InChI is InChI=1S/C11H16ClFN2O2/c1-14-6-8-4-2-3-7(5-9(14)16)15(8)11(17)10(12)13/h7-8,10H,2-6H2,1H3. The monoisotopic (exact) mass is 262 g/mol. The molecule has 4 nitrogen and oxygen atoms in total. The molecule has 0 spiro atoms. The van der Waals surface area contributed by atoms with Gasteiger partial charge in [0.1, 0.15) is 0 Å².